The molecule has 0 aliphatic heterocycles. The first-order valence-corrected chi connectivity index (χ1v) is 12.0. The van der Waals surface area contributed by atoms with Gasteiger partial charge in [0.25, 0.3) is 0 Å². The van der Waals surface area contributed by atoms with Crippen LogP contribution in [-0.4, -0.2) is 45.7 Å². The third-order valence-corrected chi connectivity index (χ3v) is 6.48. The SMILES string of the molecule is CC(C)C(=O)N(CC(=O)N(CCc1c[nH]c2ccccc12)Cc1ccc(Cl)c(Cl)c1)C(C)C. The molecule has 1 N–H and O–H groups in total. The molecule has 2 amide bonds. The molecule has 5 nitrogen and oxygen atoms in total. The lowest BCUT2D eigenvalue weighted by molar-refractivity contribution is -0.144. The zero-order chi connectivity index (χ0) is 24.1. The summed E-state index contributed by atoms with van der Waals surface area (Å²) < 4.78 is 0. The van der Waals surface area contributed by atoms with E-state index in [2.05, 4.69) is 11.1 Å². The molecule has 7 heteroatoms. The first-order valence-electron chi connectivity index (χ1n) is 11.2. The summed E-state index contributed by atoms with van der Waals surface area (Å²) in [6.45, 7) is 8.53. The Morgan fingerprint density at radius 1 is 1.00 bits per heavy atom. The Morgan fingerprint density at radius 2 is 1.73 bits per heavy atom. The highest BCUT2D eigenvalue weighted by Gasteiger charge is 2.25. The number of carbonyl (C=O) groups is 2. The fourth-order valence-electron chi connectivity index (χ4n) is 3.84. The minimum Gasteiger partial charge on any atom is -0.361 e. The van der Waals surface area contributed by atoms with E-state index in [-0.39, 0.29) is 30.3 Å². The number of halogens is 2. The number of para-hydroxylation sites is 1. The maximum atomic E-state index is 13.4. The summed E-state index contributed by atoms with van der Waals surface area (Å²) in [4.78, 5) is 32.9. The summed E-state index contributed by atoms with van der Waals surface area (Å²) >= 11 is 12.3. The fourth-order valence-corrected chi connectivity index (χ4v) is 4.16. The highest BCUT2D eigenvalue weighted by Crippen LogP contribution is 2.24. The molecule has 0 saturated carbocycles. The van der Waals surface area contributed by atoms with Gasteiger partial charge in [-0.2, -0.15) is 0 Å². The van der Waals surface area contributed by atoms with Gasteiger partial charge in [-0.25, -0.2) is 0 Å². The Balaban J connectivity index is 1.82. The van der Waals surface area contributed by atoms with Crippen molar-refractivity contribution in [1.82, 2.24) is 14.8 Å². The number of benzene rings is 2. The zero-order valence-electron chi connectivity index (χ0n) is 19.6. The number of H-pyrrole nitrogens is 1. The van der Waals surface area contributed by atoms with Gasteiger partial charge in [0.15, 0.2) is 0 Å². The van der Waals surface area contributed by atoms with Gasteiger partial charge in [0.05, 0.1) is 16.6 Å². The van der Waals surface area contributed by atoms with E-state index in [4.69, 9.17) is 23.2 Å². The molecule has 0 radical (unpaired) electrons. The smallest absolute Gasteiger partial charge is 0.242 e. The molecule has 0 saturated heterocycles. The number of rotatable bonds is 9. The van der Waals surface area contributed by atoms with Gasteiger partial charge < -0.3 is 14.8 Å². The zero-order valence-corrected chi connectivity index (χ0v) is 21.1. The van der Waals surface area contributed by atoms with E-state index in [0.717, 1.165) is 22.0 Å². The predicted molar refractivity (Wildman–Crippen MR) is 136 cm³/mol. The molecule has 0 bridgehead atoms. The number of aromatic nitrogens is 1. The lowest BCUT2D eigenvalue weighted by atomic mass is 10.1. The van der Waals surface area contributed by atoms with Crippen LogP contribution in [0.25, 0.3) is 10.9 Å². The molecule has 1 aromatic heterocycles. The van der Waals surface area contributed by atoms with Gasteiger partial charge in [-0.05, 0) is 49.6 Å². The van der Waals surface area contributed by atoms with Gasteiger partial charge in [0, 0.05) is 42.1 Å². The number of nitrogens with zero attached hydrogens (tertiary/aromatic N) is 2. The van der Waals surface area contributed by atoms with Crippen LogP contribution in [0.15, 0.2) is 48.7 Å². The van der Waals surface area contributed by atoms with Gasteiger partial charge in [-0.1, -0.05) is 61.3 Å². The van der Waals surface area contributed by atoms with Crippen molar-refractivity contribution in [3.63, 3.8) is 0 Å². The van der Waals surface area contributed by atoms with Crippen LogP contribution in [0, 0.1) is 5.92 Å². The van der Waals surface area contributed by atoms with Gasteiger partial charge in [0.2, 0.25) is 11.8 Å². The number of aromatic amines is 1. The van der Waals surface area contributed by atoms with Crippen LogP contribution in [0.1, 0.15) is 38.8 Å². The van der Waals surface area contributed by atoms with Crippen molar-refractivity contribution in [2.45, 2.75) is 46.7 Å². The van der Waals surface area contributed by atoms with E-state index >= 15 is 0 Å². The van der Waals surface area contributed by atoms with Crippen molar-refractivity contribution in [2.24, 2.45) is 5.92 Å². The Bertz CT molecular complexity index is 1120. The molecule has 0 atom stereocenters. The Morgan fingerprint density at radius 3 is 2.39 bits per heavy atom. The monoisotopic (exact) mass is 487 g/mol. The highest BCUT2D eigenvalue weighted by molar-refractivity contribution is 6.42. The maximum absolute atomic E-state index is 13.4. The standard InChI is InChI=1S/C26H31Cl2N3O2/c1-17(2)26(33)31(18(3)4)16-25(32)30(15-19-9-10-22(27)23(28)13-19)12-11-20-14-29-24-8-6-5-7-21(20)24/h5-10,13-14,17-18,29H,11-12,15-16H2,1-4H3. The average Bonchev–Trinajstić information content (AvgIpc) is 3.19. The molecule has 33 heavy (non-hydrogen) atoms. The second-order valence-corrected chi connectivity index (χ2v) is 9.70. The average molecular weight is 488 g/mol. The maximum Gasteiger partial charge on any atom is 0.242 e. The lowest BCUT2D eigenvalue weighted by Gasteiger charge is -2.31. The predicted octanol–water partition coefficient (Wildman–Crippen LogP) is 5.94. The quantitative estimate of drug-likeness (QED) is 0.405. The van der Waals surface area contributed by atoms with Crippen LogP contribution in [0.4, 0.5) is 0 Å². The van der Waals surface area contributed by atoms with Crippen LogP contribution in [0.5, 0.6) is 0 Å². The van der Waals surface area contributed by atoms with Crippen molar-refractivity contribution < 1.29 is 9.59 Å². The summed E-state index contributed by atoms with van der Waals surface area (Å²) in [5, 5.41) is 2.08. The van der Waals surface area contributed by atoms with Crippen LogP contribution in [-0.2, 0) is 22.6 Å². The second kappa shape index (κ2) is 11.1. The molecule has 0 spiro atoms. The van der Waals surface area contributed by atoms with Crippen LogP contribution >= 0.6 is 23.2 Å². The largest absolute Gasteiger partial charge is 0.361 e. The number of amides is 2. The molecule has 0 aliphatic carbocycles. The van der Waals surface area contributed by atoms with Crippen molar-refractivity contribution in [1.29, 1.82) is 0 Å². The van der Waals surface area contributed by atoms with Crippen LogP contribution < -0.4 is 0 Å². The van der Waals surface area contributed by atoms with Crippen molar-refractivity contribution in [3.05, 3.63) is 69.8 Å². The van der Waals surface area contributed by atoms with E-state index < -0.39 is 0 Å². The van der Waals surface area contributed by atoms with Gasteiger partial charge in [-0.3, -0.25) is 9.59 Å². The minimum atomic E-state index is -0.171. The fraction of sp³-hybridized carbons (Fsp3) is 0.385. The van der Waals surface area contributed by atoms with Crippen molar-refractivity contribution in [2.75, 3.05) is 13.1 Å². The summed E-state index contributed by atoms with van der Waals surface area (Å²) in [6, 6.07) is 13.5. The molecular weight excluding hydrogens is 457 g/mol. The molecule has 3 aromatic rings. The van der Waals surface area contributed by atoms with Crippen LogP contribution in [0.2, 0.25) is 10.0 Å². The first-order chi connectivity index (χ1) is 15.7. The van der Waals surface area contributed by atoms with Gasteiger partial charge >= 0.3 is 0 Å². The van der Waals surface area contributed by atoms with E-state index in [9.17, 15) is 9.59 Å². The summed E-state index contributed by atoms with van der Waals surface area (Å²) in [5.74, 6) is -0.289. The topological polar surface area (TPSA) is 56.4 Å². The third kappa shape index (κ3) is 6.30. The Labute approximate surface area is 205 Å². The molecule has 0 unspecified atom stereocenters. The van der Waals surface area contributed by atoms with E-state index in [1.807, 2.05) is 58.2 Å². The van der Waals surface area contributed by atoms with Gasteiger partial charge in [0.1, 0.15) is 0 Å². The third-order valence-electron chi connectivity index (χ3n) is 5.74. The number of nitrogens with one attached hydrogen (secondary N) is 1. The first kappa shape index (κ1) is 25.1. The molecule has 3 rings (SSSR count). The molecule has 0 fully saturated rings. The highest BCUT2D eigenvalue weighted by atomic mass is 35.5. The van der Waals surface area contributed by atoms with Gasteiger partial charge in [-0.15, -0.1) is 0 Å². The molecule has 176 valence electrons. The summed E-state index contributed by atoms with van der Waals surface area (Å²) in [6.07, 6.45) is 2.69. The molecule has 1 heterocycles. The molecule has 0 aliphatic rings. The number of carbonyl (C=O) groups excluding carboxylic acids is 2. The molecular formula is C26H31Cl2N3O2. The summed E-state index contributed by atoms with van der Waals surface area (Å²) in [5.41, 5.74) is 3.11. The van der Waals surface area contributed by atoms with Crippen molar-refractivity contribution >= 4 is 45.9 Å². The van der Waals surface area contributed by atoms with E-state index in [0.29, 0.717) is 29.6 Å². The summed E-state index contributed by atoms with van der Waals surface area (Å²) in [7, 11) is 0. The Hall–Kier alpha value is -2.50. The van der Waals surface area contributed by atoms with Crippen molar-refractivity contribution in [3.8, 4) is 0 Å². The Kier molecular flexibility index (Phi) is 8.44. The van der Waals surface area contributed by atoms with E-state index in [1.165, 1.54) is 0 Å². The van der Waals surface area contributed by atoms with E-state index in [1.54, 1.807) is 21.9 Å². The molecule has 2 aromatic carbocycles. The second-order valence-electron chi connectivity index (χ2n) is 8.89. The lowest BCUT2D eigenvalue weighted by Crippen LogP contribution is -2.47. The number of hydrogen-bond donors (Lipinski definition) is 1. The number of hydrogen-bond acceptors (Lipinski definition) is 2. The minimum absolute atomic E-state index is 0.0236. The number of fused-ring (bicyclic) bond motifs is 1. The normalized spacial score (nSPS) is 11.4. The van der Waals surface area contributed by atoms with Crippen LogP contribution in [0.3, 0.4) is 0 Å².